The third kappa shape index (κ3) is 1.99. The molecule has 0 aliphatic carbocycles. The minimum atomic E-state index is -0.542. The standard InChI is InChI=1S/C12H21N3O/c1-9(2)12(16)7-15(5-10(12)3)6-11-4-13-8-14-11/h4,8-10,16H,5-7H2,1-3H3,(H,13,14)/t10-,12-/m1/s1. The molecule has 16 heavy (non-hydrogen) atoms. The Labute approximate surface area is 96.7 Å². The van der Waals surface area contributed by atoms with Gasteiger partial charge in [-0.15, -0.1) is 0 Å². The monoisotopic (exact) mass is 223 g/mol. The van der Waals surface area contributed by atoms with Gasteiger partial charge in [0.1, 0.15) is 0 Å². The van der Waals surface area contributed by atoms with Gasteiger partial charge in [-0.05, 0) is 11.8 Å². The van der Waals surface area contributed by atoms with Crippen molar-refractivity contribution < 1.29 is 5.11 Å². The van der Waals surface area contributed by atoms with E-state index >= 15 is 0 Å². The molecule has 90 valence electrons. The number of rotatable bonds is 3. The Balaban J connectivity index is 2.01. The van der Waals surface area contributed by atoms with Crippen molar-refractivity contribution >= 4 is 0 Å². The van der Waals surface area contributed by atoms with Crippen molar-refractivity contribution in [2.24, 2.45) is 11.8 Å². The summed E-state index contributed by atoms with van der Waals surface area (Å²) in [7, 11) is 0. The Morgan fingerprint density at radius 2 is 2.44 bits per heavy atom. The molecule has 1 aromatic rings. The number of nitrogens with one attached hydrogen (secondary N) is 1. The predicted molar refractivity (Wildman–Crippen MR) is 62.8 cm³/mol. The number of likely N-dealkylation sites (tertiary alicyclic amines) is 1. The molecule has 2 atom stereocenters. The summed E-state index contributed by atoms with van der Waals surface area (Å²) >= 11 is 0. The molecule has 1 aromatic heterocycles. The Bertz CT molecular complexity index is 336. The van der Waals surface area contributed by atoms with Crippen molar-refractivity contribution in [3.63, 3.8) is 0 Å². The van der Waals surface area contributed by atoms with Crippen molar-refractivity contribution in [3.8, 4) is 0 Å². The van der Waals surface area contributed by atoms with Crippen LogP contribution in [0.2, 0.25) is 0 Å². The van der Waals surface area contributed by atoms with E-state index in [-0.39, 0.29) is 0 Å². The molecule has 0 bridgehead atoms. The lowest BCUT2D eigenvalue weighted by molar-refractivity contribution is -0.0255. The van der Waals surface area contributed by atoms with E-state index in [0.717, 1.165) is 25.3 Å². The summed E-state index contributed by atoms with van der Waals surface area (Å²) in [5.41, 5.74) is 0.570. The van der Waals surface area contributed by atoms with E-state index in [4.69, 9.17) is 0 Å². The van der Waals surface area contributed by atoms with Gasteiger partial charge in [0, 0.05) is 31.5 Å². The highest BCUT2D eigenvalue weighted by atomic mass is 16.3. The van der Waals surface area contributed by atoms with E-state index in [1.54, 1.807) is 6.33 Å². The quantitative estimate of drug-likeness (QED) is 0.811. The summed E-state index contributed by atoms with van der Waals surface area (Å²) in [4.78, 5) is 9.40. The summed E-state index contributed by atoms with van der Waals surface area (Å²) in [6, 6.07) is 0. The first-order valence-corrected chi connectivity index (χ1v) is 5.94. The third-order valence-corrected chi connectivity index (χ3v) is 3.81. The van der Waals surface area contributed by atoms with Gasteiger partial charge in [0.2, 0.25) is 0 Å². The van der Waals surface area contributed by atoms with Gasteiger partial charge in [0.25, 0.3) is 0 Å². The zero-order valence-corrected chi connectivity index (χ0v) is 10.3. The van der Waals surface area contributed by atoms with E-state index in [2.05, 4.69) is 35.6 Å². The van der Waals surface area contributed by atoms with Crippen LogP contribution in [0.4, 0.5) is 0 Å². The van der Waals surface area contributed by atoms with E-state index in [1.165, 1.54) is 0 Å². The third-order valence-electron chi connectivity index (χ3n) is 3.81. The zero-order chi connectivity index (χ0) is 11.8. The first kappa shape index (κ1) is 11.6. The van der Waals surface area contributed by atoms with Crippen LogP contribution in [0.25, 0.3) is 0 Å². The molecule has 0 aromatic carbocycles. The van der Waals surface area contributed by atoms with Gasteiger partial charge in [-0.3, -0.25) is 4.90 Å². The van der Waals surface area contributed by atoms with Crippen LogP contribution in [0.3, 0.4) is 0 Å². The average molecular weight is 223 g/mol. The highest BCUT2D eigenvalue weighted by Gasteiger charge is 2.44. The summed E-state index contributed by atoms with van der Waals surface area (Å²) < 4.78 is 0. The molecule has 0 unspecified atom stereocenters. The number of aromatic amines is 1. The molecule has 0 spiro atoms. The van der Waals surface area contributed by atoms with E-state index in [9.17, 15) is 5.11 Å². The SMILES string of the molecule is CC(C)[C@]1(O)CN(Cc2cnc[nH]2)C[C@H]1C. The Morgan fingerprint density at radius 3 is 2.94 bits per heavy atom. The molecule has 4 nitrogen and oxygen atoms in total. The molecule has 1 saturated heterocycles. The van der Waals surface area contributed by atoms with Gasteiger partial charge in [0.15, 0.2) is 0 Å². The van der Waals surface area contributed by atoms with E-state index in [1.807, 2.05) is 6.20 Å². The normalized spacial score (nSPS) is 31.4. The van der Waals surface area contributed by atoms with Crippen LogP contribution in [0.1, 0.15) is 26.5 Å². The summed E-state index contributed by atoms with van der Waals surface area (Å²) in [5, 5.41) is 10.6. The van der Waals surface area contributed by atoms with E-state index in [0.29, 0.717) is 11.8 Å². The van der Waals surface area contributed by atoms with Crippen LogP contribution in [-0.2, 0) is 6.54 Å². The maximum absolute atomic E-state index is 10.6. The van der Waals surface area contributed by atoms with Crippen LogP contribution < -0.4 is 0 Å². The number of β-amino-alcohol motifs (C(OH)–C–C–N with tert-alkyl or cyclic N) is 1. The fourth-order valence-corrected chi connectivity index (χ4v) is 2.61. The van der Waals surface area contributed by atoms with Crippen LogP contribution >= 0.6 is 0 Å². The van der Waals surface area contributed by atoms with Crippen molar-refractivity contribution in [1.82, 2.24) is 14.9 Å². The zero-order valence-electron chi connectivity index (χ0n) is 10.3. The molecule has 1 fully saturated rings. The molecule has 2 heterocycles. The second-order valence-corrected chi connectivity index (χ2v) is 5.29. The minimum Gasteiger partial charge on any atom is -0.388 e. The number of hydrogen-bond donors (Lipinski definition) is 2. The van der Waals surface area contributed by atoms with Gasteiger partial charge in [-0.1, -0.05) is 20.8 Å². The number of aromatic nitrogens is 2. The molecule has 1 aliphatic rings. The second-order valence-electron chi connectivity index (χ2n) is 5.29. The molecular weight excluding hydrogens is 202 g/mol. The van der Waals surface area contributed by atoms with Gasteiger partial charge < -0.3 is 10.1 Å². The van der Waals surface area contributed by atoms with Crippen LogP contribution in [0.15, 0.2) is 12.5 Å². The second kappa shape index (κ2) is 4.18. The molecule has 0 radical (unpaired) electrons. The van der Waals surface area contributed by atoms with Crippen LogP contribution in [-0.4, -0.2) is 38.7 Å². The Hall–Kier alpha value is -0.870. The predicted octanol–water partition coefficient (Wildman–Crippen LogP) is 1.25. The molecule has 0 amide bonds. The summed E-state index contributed by atoms with van der Waals surface area (Å²) in [6.45, 7) is 8.87. The first-order chi connectivity index (χ1) is 7.52. The lowest BCUT2D eigenvalue weighted by atomic mass is 9.82. The number of aliphatic hydroxyl groups is 1. The van der Waals surface area contributed by atoms with Gasteiger partial charge >= 0.3 is 0 Å². The topological polar surface area (TPSA) is 52.1 Å². The fraction of sp³-hybridized carbons (Fsp3) is 0.750. The number of H-pyrrole nitrogens is 1. The van der Waals surface area contributed by atoms with Gasteiger partial charge in [-0.25, -0.2) is 4.98 Å². The smallest absolute Gasteiger partial charge is 0.0922 e. The van der Waals surface area contributed by atoms with E-state index < -0.39 is 5.60 Å². The molecule has 4 heteroatoms. The average Bonchev–Trinajstić information content (AvgIpc) is 2.77. The highest BCUT2D eigenvalue weighted by molar-refractivity contribution is 5.01. The first-order valence-electron chi connectivity index (χ1n) is 5.94. The maximum Gasteiger partial charge on any atom is 0.0922 e. The fourth-order valence-electron chi connectivity index (χ4n) is 2.61. The Kier molecular flexibility index (Phi) is 3.04. The van der Waals surface area contributed by atoms with Crippen LogP contribution in [0.5, 0.6) is 0 Å². The highest BCUT2D eigenvalue weighted by Crippen LogP contribution is 2.34. The van der Waals surface area contributed by atoms with Crippen molar-refractivity contribution in [2.75, 3.05) is 13.1 Å². The van der Waals surface area contributed by atoms with Crippen LogP contribution in [0, 0.1) is 11.8 Å². The lowest BCUT2D eigenvalue weighted by Crippen LogP contribution is -2.42. The lowest BCUT2D eigenvalue weighted by Gasteiger charge is -2.31. The van der Waals surface area contributed by atoms with Crippen molar-refractivity contribution in [2.45, 2.75) is 32.9 Å². The number of hydrogen-bond acceptors (Lipinski definition) is 3. The minimum absolute atomic E-state index is 0.300. The number of nitrogens with zero attached hydrogens (tertiary/aromatic N) is 2. The Morgan fingerprint density at radius 1 is 1.69 bits per heavy atom. The molecule has 2 N–H and O–H groups in total. The molecule has 0 saturated carbocycles. The number of imidazole rings is 1. The maximum atomic E-state index is 10.6. The molecule has 1 aliphatic heterocycles. The van der Waals surface area contributed by atoms with Gasteiger partial charge in [0.05, 0.1) is 11.9 Å². The summed E-state index contributed by atoms with van der Waals surface area (Å²) in [5.74, 6) is 0.629. The molecule has 2 rings (SSSR count). The molecular formula is C12H21N3O. The van der Waals surface area contributed by atoms with Crippen molar-refractivity contribution in [1.29, 1.82) is 0 Å². The largest absolute Gasteiger partial charge is 0.388 e. The summed E-state index contributed by atoms with van der Waals surface area (Å²) in [6.07, 6.45) is 3.54. The van der Waals surface area contributed by atoms with Crippen molar-refractivity contribution in [3.05, 3.63) is 18.2 Å². The van der Waals surface area contributed by atoms with Gasteiger partial charge in [-0.2, -0.15) is 0 Å².